The van der Waals surface area contributed by atoms with Crippen LogP contribution >= 0.6 is 0 Å². The molecule has 1 heterocycles. The van der Waals surface area contributed by atoms with Crippen molar-refractivity contribution in [2.45, 2.75) is 0 Å². The quantitative estimate of drug-likeness (QED) is 0.687. The van der Waals surface area contributed by atoms with Crippen LogP contribution < -0.4 is 10.6 Å². The van der Waals surface area contributed by atoms with Crippen molar-refractivity contribution in [2.24, 2.45) is 5.73 Å². The third-order valence-corrected chi connectivity index (χ3v) is 1.84. The lowest BCUT2D eigenvalue weighted by molar-refractivity contribution is 0.205. The molecule has 14 heavy (non-hydrogen) atoms. The number of methoxy groups -OCH3 is 1. The Balaban J connectivity index is 2.58. The zero-order valence-electron chi connectivity index (χ0n) is 8.39. The van der Waals surface area contributed by atoms with Crippen LogP contribution in [0.1, 0.15) is 0 Å². The van der Waals surface area contributed by atoms with Gasteiger partial charge in [-0.2, -0.15) is 0 Å². The molecule has 0 unspecified atom stereocenters. The summed E-state index contributed by atoms with van der Waals surface area (Å²) in [5.74, 6) is 0.843. The van der Waals surface area contributed by atoms with Crippen LogP contribution in [0.5, 0.6) is 0 Å². The normalized spacial score (nSPS) is 10.1. The molecule has 0 aliphatic rings. The standard InChI is InChI=1S/C9H16N4O/c1-14-7-6-13(5-2-10)9-8-11-3-4-12-9/h3-4,8H,2,5-7,10H2,1H3. The van der Waals surface area contributed by atoms with E-state index in [1.54, 1.807) is 25.7 Å². The number of rotatable bonds is 6. The summed E-state index contributed by atoms with van der Waals surface area (Å²) in [6, 6.07) is 0. The van der Waals surface area contributed by atoms with E-state index >= 15 is 0 Å². The first kappa shape index (κ1) is 10.9. The van der Waals surface area contributed by atoms with Gasteiger partial charge in [-0.1, -0.05) is 0 Å². The number of hydrogen-bond acceptors (Lipinski definition) is 5. The first-order valence-corrected chi connectivity index (χ1v) is 4.58. The summed E-state index contributed by atoms with van der Waals surface area (Å²) in [5, 5.41) is 0. The minimum atomic E-state index is 0.598. The molecule has 78 valence electrons. The van der Waals surface area contributed by atoms with Gasteiger partial charge in [0.2, 0.25) is 0 Å². The van der Waals surface area contributed by atoms with Gasteiger partial charge in [0.1, 0.15) is 5.82 Å². The van der Waals surface area contributed by atoms with E-state index in [4.69, 9.17) is 10.5 Å². The SMILES string of the molecule is COCCN(CCN)c1cnccn1. The Kier molecular flexibility index (Phi) is 4.88. The van der Waals surface area contributed by atoms with Gasteiger partial charge in [0, 0.05) is 39.1 Å². The van der Waals surface area contributed by atoms with E-state index in [9.17, 15) is 0 Å². The van der Waals surface area contributed by atoms with Crippen LogP contribution in [0.4, 0.5) is 5.82 Å². The Hall–Kier alpha value is -1.20. The molecule has 5 nitrogen and oxygen atoms in total. The number of anilines is 1. The highest BCUT2D eigenvalue weighted by Gasteiger charge is 2.05. The molecule has 0 amide bonds. The molecule has 1 rings (SSSR count). The number of nitrogens with zero attached hydrogens (tertiary/aromatic N) is 3. The molecule has 0 fully saturated rings. The molecule has 1 aromatic rings. The molecule has 0 saturated carbocycles. The van der Waals surface area contributed by atoms with Crippen LogP contribution in [0.2, 0.25) is 0 Å². The minimum absolute atomic E-state index is 0.598. The third kappa shape index (κ3) is 3.27. The number of nitrogens with two attached hydrogens (primary N) is 1. The number of hydrogen-bond donors (Lipinski definition) is 1. The summed E-state index contributed by atoms with van der Waals surface area (Å²) in [4.78, 5) is 10.3. The molecule has 0 aliphatic heterocycles. The largest absolute Gasteiger partial charge is 0.383 e. The van der Waals surface area contributed by atoms with E-state index in [2.05, 4.69) is 14.9 Å². The average Bonchev–Trinajstić information content (AvgIpc) is 2.25. The number of aromatic nitrogens is 2. The van der Waals surface area contributed by atoms with Gasteiger partial charge in [0.15, 0.2) is 0 Å². The van der Waals surface area contributed by atoms with Crippen molar-refractivity contribution in [3.05, 3.63) is 18.6 Å². The van der Waals surface area contributed by atoms with E-state index in [0.717, 1.165) is 18.9 Å². The van der Waals surface area contributed by atoms with Gasteiger partial charge in [-0.05, 0) is 0 Å². The van der Waals surface area contributed by atoms with E-state index in [1.165, 1.54) is 0 Å². The molecule has 2 N–H and O–H groups in total. The molecule has 0 bridgehead atoms. The van der Waals surface area contributed by atoms with Crippen molar-refractivity contribution < 1.29 is 4.74 Å². The molecule has 0 atom stereocenters. The molecule has 5 heteroatoms. The topological polar surface area (TPSA) is 64.3 Å². The smallest absolute Gasteiger partial charge is 0.147 e. The maximum atomic E-state index is 5.51. The van der Waals surface area contributed by atoms with E-state index in [1.807, 2.05) is 0 Å². The van der Waals surface area contributed by atoms with Crippen molar-refractivity contribution in [1.29, 1.82) is 0 Å². The van der Waals surface area contributed by atoms with Gasteiger partial charge in [-0.15, -0.1) is 0 Å². The zero-order chi connectivity index (χ0) is 10.2. The van der Waals surface area contributed by atoms with Gasteiger partial charge in [0.25, 0.3) is 0 Å². The molecule has 0 spiro atoms. The summed E-state index contributed by atoms with van der Waals surface area (Å²) >= 11 is 0. The highest BCUT2D eigenvalue weighted by Crippen LogP contribution is 2.05. The maximum absolute atomic E-state index is 5.51. The van der Waals surface area contributed by atoms with Crippen LogP contribution in [0.15, 0.2) is 18.6 Å². The summed E-state index contributed by atoms with van der Waals surface area (Å²) in [5.41, 5.74) is 5.51. The number of ether oxygens (including phenoxy) is 1. The first-order chi connectivity index (χ1) is 6.88. The first-order valence-electron chi connectivity index (χ1n) is 4.58. The lowest BCUT2D eigenvalue weighted by Crippen LogP contribution is -2.33. The fourth-order valence-corrected chi connectivity index (χ4v) is 1.15. The van der Waals surface area contributed by atoms with Crippen molar-refractivity contribution >= 4 is 5.82 Å². The van der Waals surface area contributed by atoms with Gasteiger partial charge in [-0.3, -0.25) is 4.98 Å². The second-order valence-electron chi connectivity index (χ2n) is 2.83. The van der Waals surface area contributed by atoms with Crippen LogP contribution in [-0.2, 0) is 4.74 Å². The Bertz CT molecular complexity index is 242. The molecule has 0 aliphatic carbocycles. The van der Waals surface area contributed by atoms with Crippen molar-refractivity contribution in [2.75, 3.05) is 38.3 Å². The summed E-state index contributed by atoms with van der Waals surface area (Å²) in [6.07, 6.45) is 5.05. The fourth-order valence-electron chi connectivity index (χ4n) is 1.15. The average molecular weight is 196 g/mol. The summed E-state index contributed by atoms with van der Waals surface area (Å²) in [7, 11) is 1.68. The molecule has 0 aromatic carbocycles. The molecular weight excluding hydrogens is 180 g/mol. The van der Waals surface area contributed by atoms with Crippen molar-refractivity contribution in [3.63, 3.8) is 0 Å². The highest BCUT2D eigenvalue weighted by molar-refractivity contribution is 5.34. The molecular formula is C9H16N4O. The van der Waals surface area contributed by atoms with Gasteiger partial charge < -0.3 is 15.4 Å². The monoisotopic (exact) mass is 196 g/mol. The predicted octanol–water partition coefficient (Wildman–Crippen LogP) is -0.112. The Morgan fingerprint density at radius 3 is 2.86 bits per heavy atom. The van der Waals surface area contributed by atoms with E-state index in [-0.39, 0.29) is 0 Å². The van der Waals surface area contributed by atoms with E-state index in [0.29, 0.717) is 13.2 Å². The second kappa shape index (κ2) is 6.28. The Morgan fingerprint density at radius 2 is 2.29 bits per heavy atom. The Morgan fingerprint density at radius 1 is 1.43 bits per heavy atom. The van der Waals surface area contributed by atoms with Gasteiger partial charge >= 0.3 is 0 Å². The van der Waals surface area contributed by atoms with Gasteiger partial charge in [-0.25, -0.2) is 4.98 Å². The van der Waals surface area contributed by atoms with Crippen LogP contribution in [0.3, 0.4) is 0 Å². The molecule has 0 radical (unpaired) electrons. The third-order valence-electron chi connectivity index (χ3n) is 1.84. The van der Waals surface area contributed by atoms with Crippen molar-refractivity contribution in [1.82, 2.24) is 9.97 Å². The van der Waals surface area contributed by atoms with Crippen LogP contribution in [0.25, 0.3) is 0 Å². The summed E-state index contributed by atoms with van der Waals surface area (Å²) < 4.78 is 5.01. The summed E-state index contributed by atoms with van der Waals surface area (Å²) in [6.45, 7) is 2.81. The molecule has 1 aromatic heterocycles. The van der Waals surface area contributed by atoms with Crippen molar-refractivity contribution in [3.8, 4) is 0 Å². The highest BCUT2D eigenvalue weighted by atomic mass is 16.5. The second-order valence-corrected chi connectivity index (χ2v) is 2.83. The Labute approximate surface area is 83.9 Å². The minimum Gasteiger partial charge on any atom is -0.383 e. The maximum Gasteiger partial charge on any atom is 0.147 e. The van der Waals surface area contributed by atoms with Crippen LogP contribution in [0, 0.1) is 0 Å². The van der Waals surface area contributed by atoms with Gasteiger partial charge in [0.05, 0.1) is 12.8 Å². The lowest BCUT2D eigenvalue weighted by atomic mass is 10.4. The fraction of sp³-hybridized carbons (Fsp3) is 0.556. The van der Waals surface area contributed by atoms with E-state index < -0.39 is 0 Å². The van der Waals surface area contributed by atoms with Crippen LogP contribution in [-0.4, -0.2) is 43.3 Å². The molecule has 0 saturated heterocycles. The zero-order valence-corrected chi connectivity index (χ0v) is 8.39. The lowest BCUT2D eigenvalue weighted by Gasteiger charge is -2.21. The predicted molar refractivity (Wildman–Crippen MR) is 55.2 cm³/mol.